The number of hydrogen-bond donors (Lipinski definition) is 1. The van der Waals surface area contributed by atoms with Gasteiger partial charge in [-0.1, -0.05) is 6.92 Å². The van der Waals surface area contributed by atoms with Crippen molar-refractivity contribution >= 4 is 5.82 Å². The number of benzene rings is 1. The molecule has 19 heavy (non-hydrogen) atoms. The van der Waals surface area contributed by atoms with Crippen molar-refractivity contribution in [3.63, 3.8) is 0 Å². The first-order valence-electron chi connectivity index (χ1n) is 5.91. The Balaban J connectivity index is 2.56. The van der Waals surface area contributed by atoms with Crippen molar-refractivity contribution < 1.29 is 13.2 Å². The van der Waals surface area contributed by atoms with Gasteiger partial charge in [-0.3, -0.25) is 0 Å². The van der Waals surface area contributed by atoms with Crippen molar-refractivity contribution in [2.24, 2.45) is 7.05 Å². The van der Waals surface area contributed by atoms with E-state index >= 15 is 0 Å². The molecule has 3 nitrogen and oxygen atoms in total. The van der Waals surface area contributed by atoms with Gasteiger partial charge >= 0.3 is 0 Å². The number of nitrogens with zero attached hydrogens (tertiary/aromatic N) is 2. The molecule has 0 saturated carbocycles. The largest absolute Gasteiger partial charge is 0.383 e. The Morgan fingerprint density at radius 3 is 2.32 bits per heavy atom. The number of imidazole rings is 1. The van der Waals surface area contributed by atoms with Gasteiger partial charge < -0.3 is 10.3 Å². The topological polar surface area (TPSA) is 43.8 Å². The number of rotatable bonds is 3. The second kappa shape index (κ2) is 4.95. The number of nitrogens with two attached hydrogens (primary N) is 1. The van der Waals surface area contributed by atoms with Crippen LogP contribution < -0.4 is 5.73 Å². The summed E-state index contributed by atoms with van der Waals surface area (Å²) in [6.07, 6.45) is 1.57. The fraction of sp³-hybridized carbons (Fsp3) is 0.308. The molecule has 0 spiro atoms. The zero-order valence-corrected chi connectivity index (χ0v) is 10.7. The van der Waals surface area contributed by atoms with E-state index < -0.39 is 17.5 Å². The van der Waals surface area contributed by atoms with Crippen LogP contribution in [0.4, 0.5) is 19.0 Å². The summed E-state index contributed by atoms with van der Waals surface area (Å²) in [6.45, 7) is 1.99. The van der Waals surface area contributed by atoms with E-state index in [-0.39, 0.29) is 11.3 Å². The van der Waals surface area contributed by atoms with Gasteiger partial charge in [0.1, 0.15) is 17.3 Å². The second-order valence-corrected chi connectivity index (χ2v) is 4.32. The molecule has 0 saturated heterocycles. The van der Waals surface area contributed by atoms with Gasteiger partial charge in [0.15, 0.2) is 17.5 Å². The summed E-state index contributed by atoms with van der Waals surface area (Å²) in [6, 6.07) is 1.79. The fourth-order valence-electron chi connectivity index (χ4n) is 1.91. The smallest absolute Gasteiger partial charge is 0.194 e. The van der Waals surface area contributed by atoms with Gasteiger partial charge in [-0.15, -0.1) is 0 Å². The van der Waals surface area contributed by atoms with Crippen LogP contribution in [-0.2, 0) is 13.5 Å². The Hall–Kier alpha value is -1.98. The maximum Gasteiger partial charge on any atom is 0.194 e. The fourth-order valence-corrected chi connectivity index (χ4v) is 1.91. The zero-order chi connectivity index (χ0) is 14.2. The van der Waals surface area contributed by atoms with Gasteiger partial charge in [0.25, 0.3) is 0 Å². The quantitative estimate of drug-likeness (QED) is 0.870. The average Bonchev–Trinajstić information content (AvgIpc) is 2.64. The lowest BCUT2D eigenvalue weighted by atomic mass is 10.1. The van der Waals surface area contributed by atoms with Crippen molar-refractivity contribution in [1.82, 2.24) is 9.55 Å². The zero-order valence-electron chi connectivity index (χ0n) is 10.7. The van der Waals surface area contributed by atoms with Crippen molar-refractivity contribution in [1.29, 1.82) is 0 Å². The number of halogens is 3. The summed E-state index contributed by atoms with van der Waals surface area (Å²) in [5.41, 5.74) is 6.26. The van der Waals surface area contributed by atoms with E-state index in [0.29, 0.717) is 12.2 Å². The molecule has 0 atom stereocenters. The average molecular weight is 269 g/mol. The van der Waals surface area contributed by atoms with E-state index in [1.165, 1.54) is 0 Å². The van der Waals surface area contributed by atoms with E-state index in [9.17, 15) is 13.2 Å². The summed E-state index contributed by atoms with van der Waals surface area (Å²) in [7, 11) is 1.73. The lowest BCUT2D eigenvalue weighted by Crippen LogP contribution is -2.01. The molecule has 0 bridgehead atoms. The van der Waals surface area contributed by atoms with Gasteiger partial charge in [-0.05, 0) is 18.6 Å². The molecule has 102 valence electrons. The van der Waals surface area contributed by atoms with Crippen molar-refractivity contribution in [2.75, 3.05) is 5.73 Å². The number of nitrogen functional groups attached to an aromatic ring is 1. The van der Waals surface area contributed by atoms with Gasteiger partial charge in [-0.25, -0.2) is 18.2 Å². The molecule has 1 aromatic heterocycles. The minimum atomic E-state index is -1.49. The Bertz CT molecular complexity index is 597. The number of anilines is 1. The van der Waals surface area contributed by atoms with Crippen LogP contribution in [-0.4, -0.2) is 9.55 Å². The van der Waals surface area contributed by atoms with E-state index in [2.05, 4.69) is 4.98 Å². The van der Waals surface area contributed by atoms with Crippen LogP contribution in [0.15, 0.2) is 12.1 Å². The second-order valence-electron chi connectivity index (χ2n) is 4.32. The van der Waals surface area contributed by atoms with Crippen molar-refractivity contribution in [2.45, 2.75) is 19.8 Å². The Morgan fingerprint density at radius 2 is 1.79 bits per heavy atom. The monoisotopic (exact) mass is 269 g/mol. The van der Waals surface area contributed by atoms with Gasteiger partial charge in [0, 0.05) is 19.0 Å². The van der Waals surface area contributed by atoms with E-state index in [1.807, 2.05) is 6.92 Å². The Kier molecular flexibility index (Phi) is 3.50. The minimum Gasteiger partial charge on any atom is -0.383 e. The molecule has 2 rings (SSSR count). The van der Waals surface area contributed by atoms with Gasteiger partial charge in [0.05, 0.1) is 0 Å². The SMILES string of the molecule is CCCc1nc(-c2cc(F)c(F)c(F)c2)c(N)n1C. The van der Waals surface area contributed by atoms with E-state index in [1.54, 1.807) is 11.6 Å². The molecule has 6 heteroatoms. The third kappa shape index (κ3) is 2.30. The van der Waals surface area contributed by atoms with Gasteiger partial charge in [0.2, 0.25) is 0 Å². The summed E-state index contributed by atoms with van der Waals surface area (Å²) >= 11 is 0. The van der Waals surface area contributed by atoms with Crippen LogP contribution in [0.25, 0.3) is 11.3 Å². The number of aromatic nitrogens is 2. The Morgan fingerprint density at radius 1 is 1.21 bits per heavy atom. The molecule has 2 aromatic rings. The van der Waals surface area contributed by atoms with Crippen LogP contribution >= 0.6 is 0 Å². The highest BCUT2D eigenvalue weighted by Crippen LogP contribution is 2.28. The lowest BCUT2D eigenvalue weighted by molar-refractivity contribution is 0.447. The maximum atomic E-state index is 13.2. The number of hydrogen-bond acceptors (Lipinski definition) is 2. The van der Waals surface area contributed by atoms with Gasteiger partial charge in [-0.2, -0.15) is 0 Å². The normalized spacial score (nSPS) is 11.0. The molecule has 0 fully saturated rings. The van der Waals surface area contributed by atoms with Crippen LogP contribution in [0, 0.1) is 17.5 Å². The third-order valence-corrected chi connectivity index (χ3v) is 2.96. The number of aryl methyl sites for hydroxylation is 1. The molecule has 0 aliphatic carbocycles. The first kappa shape index (κ1) is 13.5. The lowest BCUT2D eigenvalue weighted by Gasteiger charge is -2.02. The molecule has 0 unspecified atom stereocenters. The van der Waals surface area contributed by atoms with Crippen molar-refractivity contribution in [3.05, 3.63) is 35.4 Å². The molecule has 2 N–H and O–H groups in total. The highest BCUT2D eigenvalue weighted by atomic mass is 19.2. The van der Waals surface area contributed by atoms with E-state index in [0.717, 1.165) is 24.4 Å². The molecule has 0 aliphatic rings. The highest BCUT2D eigenvalue weighted by Gasteiger charge is 2.17. The summed E-state index contributed by atoms with van der Waals surface area (Å²) in [5.74, 6) is -2.98. The van der Waals surface area contributed by atoms with E-state index in [4.69, 9.17) is 5.73 Å². The molecule has 0 aliphatic heterocycles. The summed E-state index contributed by atoms with van der Waals surface area (Å²) < 4.78 is 41.0. The first-order valence-corrected chi connectivity index (χ1v) is 5.91. The van der Waals surface area contributed by atoms with Crippen molar-refractivity contribution in [3.8, 4) is 11.3 Å². The molecule has 1 aromatic carbocycles. The molecular formula is C13H14F3N3. The first-order chi connectivity index (χ1) is 8.95. The predicted molar refractivity (Wildman–Crippen MR) is 66.9 cm³/mol. The van der Waals surface area contributed by atoms with Crippen LogP contribution in [0.3, 0.4) is 0 Å². The molecule has 0 amide bonds. The van der Waals surface area contributed by atoms with Crippen LogP contribution in [0.1, 0.15) is 19.2 Å². The minimum absolute atomic E-state index is 0.131. The maximum absolute atomic E-state index is 13.2. The highest BCUT2D eigenvalue weighted by molar-refractivity contribution is 5.71. The molecule has 0 radical (unpaired) electrons. The molecule has 1 heterocycles. The summed E-state index contributed by atoms with van der Waals surface area (Å²) in [4.78, 5) is 4.26. The van der Waals surface area contributed by atoms with Crippen LogP contribution in [0.2, 0.25) is 0 Å². The molecular weight excluding hydrogens is 255 g/mol. The standard InChI is InChI=1S/C13H14F3N3/c1-3-4-10-18-12(13(17)19(10)2)7-5-8(14)11(16)9(15)6-7/h5-6H,3-4,17H2,1-2H3. The predicted octanol–water partition coefficient (Wildman–Crippen LogP) is 3.04. The summed E-state index contributed by atoms with van der Waals surface area (Å²) in [5, 5.41) is 0. The Labute approximate surface area is 108 Å². The third-order valence-electron chi connectivity index (χ3n) is 2.96. The van der Waals surface area contributed by atoms with Crippen LogP contribution in [0.5, 0.6) is 0 Å².